The minimum absolute atomic E-state index is 0.0149. The van der Waals surface area contributed by atoms with Crippen LogP contribution in [0.15, 0.2) is 18.2 Å². The van der Waals surface area contributed by atoms with Crippen molar-refractivity contribution in [2.45, 2.75) is 71.2 Å². The maximum atomic E-state index is 14.0. The number of piperidine rings is 1. The summed E-state index contributed by atoms with van der Waals surface area (Å²) in [5.41, 5.74) is -0.253. The number of nitrogens with one attached hydrogen (secondary N) is 1. The second-order valence-electron chi connectivity index (χ2n) is 7.72. The van der Waals surface area contributed by atoms with Crippen molar-refractivity contribution in [3.8, 4) is 0 Å². The predicted molar refractivity (Wildman–Crippen MR) is 93.3 cm³/mol. The first-order chi connectivity index (χ1) is 11.6. The van der Waals surface area contributed by atoms with Gasteiger partial charge in [-0.25, -0.2) is 13.6 Å². The van der Waals surface area contributed by atoms with Gasteiger partial charge in [-0.1, -0.05) is 0 Å². The highest BCUT2D eigenvalue weighted by molar-refractivity contribution is 5.68. The van der Waals surface area contributed by atoms with Gasteiger partial charge in [0.1, 0.15) is 17.2 Å². The fourth-order valence-corrected chi connectivity index (χ4v) is 3.20. The van der Waals surface area contributed by atoms with Gasteiger partial charge < -0.3 is 15.0 Å². The van der Waals surface area contributed by atoms with Crippen molar-refractivity contribution in [3.05, 3.63) is 35.4 Å². The first-order valence-corrected chi connectivity index (χ1v) is 8.79. The third-order valence-corrected chi connectivity index (χ3v) is 4.50. The molecule has 1 aliphatic heterocycles. The van der Waals surface area contributed by atoms with Gasteiger partial charge in [-0.3, -0.25) is 0 Å². The van der Waals surface area contributed by atoms with Gasteiger partial charge in [-0.2, -0.15) is 0 Å². The Morgan fingerprint density at radius 1 is 1.36 bits per heavy atom. The molecule has 4 nitrogen and oxygen atoms in total. The lowest BCUT2D eigenvalue weighted by Crippen LogP contribution is -2.55. The highest BCUT2D eigenvalue weighted by atomic mass is 19.1. The largest absolute Gasteiger partial charge is 0.444 e. The number of amides is 1. The first kappa shape index (κ1) is 19.6. The van der Waals surface area contributed by atoms with E-state index in [-0.39, 0.29) is 24.2 Å². The second kappa shape index (κ2) is 7.68. The van der Waals surface area contributed by atoms with Crippen LogP contribution in [0.2, 0.25) is 0 Å². The van der Waals surface area contributed by atoms with Crippen LogP contribution in [0.3, 0.4) is 0 Å². The fourth-order valence-electron chi connectivity index (χ4n) is 3.20. The number of likely N-dealkylation sites (tertiary alicyclic amines) is 1. The number of carbonyl (C=O) groups excluding carboxylic acids is 1. The molecule has 1 N–H and O–H groups in total. The van der Waals surface area contributed by atoms with Crippen LogP contribution in [0.4, 0.5) is 13.6 Å². The summed E-state index contributed by atoms with van der Waals surface area (Å²) in [5, 5.41) is 3.34. The molecular formula is C19H28F2N2O2. The number of halogens is 2. The summed E-state index contributed by atoms with van der Waals surface area (Å²) in [5.74, 6) is -0.897. The molecule has 0 saturated carbocycles. The molecule has 1 fully saturated rings. The summed E-state index contributed by atoms with van der Waals surface area (Å²) in [6, 6.07) is 2.99. The molecule has 1 aromatic rings. The van der Waals surface area contributed by atoms with Crippen molar-refractivity contribution in [3.63, 3.8) is 0 Å². The van der Waals surface area contributed by atoms with E-state index in [9.17, 15) is 13.6 Å². The van der Waals surface area contributed by atoms with Crippen LogP contribution in [-0.2, 0) is 4.74 Å². The molecule has 140 valence electrons. The Labute approximate surface area is 148 Å². The molecule has 3 atom stereocenters. The van der Waals surface area contributed by atoms with E-state index in [2.05, 4.69) is 5.32 Å². The molecule has 25 heavy (non-hydrogen) atoms. The number of nitrogens with zero attached hydrogens (tertiary/aromatic N) is 1. The van der Waals surface area contributed by atoms with Gasteiger partial charge in [0.05, 0.1) is 0 Å². The molecule has 0 radical (unpaired) electrons. The Balaban J connectivity index is 2.06. The average Bonchev–Trinajstić information content (AvgIpc) is 2.49. The van der Waals surface area contributed by atoms with Crippen molar-refractivity contribution in [2.24, 2.45) is 0 Å². The molecule has 0 bridgehead atoms. The van der Waals surface area contributed by atoms with Crippen LogP contribution >= 0.6 is 0 Å². The lowest BCUT2D eigenvalue weighted by atomic mass is 9.96. The lowest BCUT2D eigenvalue weighted by Gasteiger charge is -2.41. The Morgan fingerprint density at radius 3 is 2.68 bits per heavy atom. The average molecular weight is 354 g/mol. The number of carbonyl (C=O) groups is 1. The molecular weight excluding hydrogens is 326 g/mol. The molecule has 0 aliphatic carbocycles. The molecule has 6 heteroatoms. The van der Waals surface area contributed by atoms with Crippen molar-refractivity contribution >= 4 is 6.09 Å². The van der Waals surface area contributed by atoms with E-state index >= 15 is 0 Å². The normalized spacial score (nSPS) is 22.6. The van der Waals surface area contributed by atoms with Gasteiger partial charge in [-0.05, 0) is 65.7 Å². The molecule has 3 unspecified atom stereocenters. The SMILES string of the molecule is CC(NC1CCCN(C(=O)OC(C)(C)C)C1C)c1cc(F)ccc1F. The van der Waals surface area contributed by atoms with E-state index in [0.29, 0.717) is 12.1 Å². The zero-order valence-electron chi connectivity index (χ0n) is 15.6. The maximum absolute atomic E-state index is 14.0. The van der Waals surface area contributed by atoms with Crippen molar-refractivity contribution in [1.82, 2.24) is 10.2 Å². The zero-order chi connectivity index (χ0) is 18.8. The Hall–Kier alpha value is -1.69. The summed E-state index contributed by atoms with van der Waals surface area (Å²) >= 11 is 0. The third kappa shape index (κ3) is 5.14. The Morgan fingerprint density at radius 2 is 2.04 bits per heavy atom. The minimum Gasteiger partial charge on any atom is -0.444 e. The zero-order valence-corrected chi connectivity index (χ0v) is 15.6. The van der Waals surface area contributed by atoms with Gasteiger partial charge >= 0.3 is 6.09 Å². The molecule has 1 amide bonds. The van der Waals surface area contributed by atoms with Crippen molar-refractivity contribution in [2.75, 3.05) is 6.54 Å². The van der Waals surface area contributed by atoms with E-state index < -0.39 is 17.2 Å². The number of hydrogen-bond donors (Lipinski definition) is 1. The number of benzene rings is 1. The maximum Gasteiger partial charge on any atom is 0.410 e. The number of rotatable bonds is 3. The Bertz CT molecular complexity index is 616. The van der Waals surface area contributed by atoms with Crippen LogP contribution in [0.1, 0.15) is 59.1 Å². The summed E-state index contributed by atoms with van der Waals surface area (Å²) in [4.78, 5) is 14.1. The topological polar surface area (TPSA) is 41.6 Å². The van der Waals surface area contributed by atoms with E-state index in [0.717, 1.165) is 25.0 Å². The first-order valence-electron chi connectivity index (χ1n) is 8.79. The van der Waals surface area contributed by atoms with Gasteiger partial charge in [0.15, 0.2) is 0 Å². The van der Waals surface area contributed by atoms with Crippen LogP contribution in [0.25, 0.3) is 0 Å². The fraction of sp³-hybridized carbons (Fsp3) is 0.632. The van der Waals surface area contributed by atoms with E-state index in [1.807, 2.05) is 27.7 Å². The molecule has 1 aromatic carbocycles. The third-order valence-electron chi connectivity index (χ3n) is 4.50. The molecule has 1 aliphatic rings. The molecule has 1 heterocycles. The van der Waals surface area contributed by atoms with E-state index in [4.69, 9.17) is 4.74 Å². The summed E-state index contributed by atoms with van der Waals surface area (Å²) in [6.07, 6.45) is 1.36. The van der Waals surface area contributed by atoms with Crippen LogP contribution < -0.4 is 5.32 Å². The highest BCUT2D eigenvalue weighted by Crippen LogP contribution is 2.25. The van der Waals surface area contributed by atoms with Gasteiger partial charge in [0.2, 0.25) is 0 Å². The van der Waals surface area contributed by atoms with Gasteiger partial charge in [0, 0.05) is 30.2 Å². The molecule has 0 aromatic heterocycles. The predicted octanol–water partition coefficient (Wildman–Crippen LogP) is 4.40. The molecule has 1 saturated heterocycles. The quantitative estimate of drug-likeness (QED) is 0.874. The molecule has 2 rings (SSSR count). The van der Waals surface area contributed by atoms with Gasteiger partial charge in [-0.15, -0.1) is 0 Å². The highest BCUT2D eigenvalue weighted by Gasteiger charge is 2.34. The minimum atomic E-state index is -0.546. The number of hydrogen-bond acceptors (Lipinski definition) is 3. The van der Waals surface area contributed by atoms with Gasteiger partial charge in [0.25, 0.3) is 0 Å². The van der Waals surface area contributed by atoms with E-state index in [1.54, 1.807) is 11.8 Å². The van der Waals surface area contributed by atoms with Crippen molar-refractivity contribution < 1.29 is 18.3 Å². The second-order valence-corrected chi connectivity index (χ2v) is 7.72. The smallest absolute Gasteiger partial charge is 0.410 e. The summed E-state index contributed by atoms with van der Waals surface area (Å²) < 4.78 is 32.9. The van der Waals surface area contributed by atoms with Crippen molar-refractivity contribution in [1.29, 1.82) is 0 Å². The molecule has 0 spiro atoms. The van der Waals surface area contributed by atoms with Crippen LogP contribution in [0, 0.1) is 11.6 Å². The number of ether oxygens (including phenoxy) is 1. The Kier molecular flexibility index (Phi) is 6.03. The summed E-state index contributed by atoms with van der Waals surface area (Å²) in [7, 11) is 0. The lowest BCUT2D eigenvalue weighted by molar-refractivity contribution is 0.00640. The standard InChI is InChI=1S/C19H28F2N2O2/c1-12(15-11-14(20)8-9-16(15)21)22-17-7-6-10-23(13(17)2)18(24)25-19(3,4)5/h8-9,11-13,17,22H,6-7,10H2,1-5H3. The summed E-state index contributed by atoms with van der Waals surface area (Å²) in [6.45, 7) is 9.90. The van der Waals surface area contributed by atoms with Crippen LogP contribution in [0.5, 0.6) is 0 Å². The van der Waals surface area contributed by atoms with E-state index in [1.165, 1.54) is 6.07 Å². The van der Waals surface area contributed by atoms with Crippen LogP contribution in [-0.4, -0.2) is 35.2 Å². The monoisotopic (exact) mass is 354 g/mol.